The molecule has 28 heavy (non-hydrogen) atoms. The van der Waals surface area contributed by atoms with E-state index in [0.29, 0.717) is 19.7 Å². The number of nitrogens with one attached hydrogen (secondary N) is 2. The first-order valence-corrected chi connectivity index (χ1v) is 10.1. The van der Waals surface area contributed by atoms with Gasteiger partial charge in [-0.15, -0.1) is 0 Å². The summed E-state index contributed by atoms with van der Waals surface area (Å²) in [7, 11) is 0. The molecule has 1 heterocycles. The smallest absolute Gasteiger partial charge is 0.308 e. The molecule has 2 unspecified atom stereocenters. The largest absolute Gasteiger partial charge is 0.466 e. The summed E-state index contributed by atoms with van der Waals surface area (Å²) < 4.78 is 5.16. The number of esters is 1. The van der Waals surface area contributed by atoms with E-state index < -0.39 is 12.0 Å². The lowest BCUT2D eigenvalue weighted by Gasteiger charge is -2.35. The van der Waals surface area contributed by atoms with E-state index in [2.05, 4.69) is 17.6 Å². The maximum atomic E-state index is 12.8. The molecular formula is C21H31N3O4. The third kappa shape index (κ3) is 6.34. The minimum Gasteiger partial charge on any atom is -0.466 e. The monoisotopic (exact) mass is 389 g/mol. The van der Waals surface area contributed by atoms with Crippen LogP contribution in [0.1, 0.15) is 51.1 Å². The van der Waals surface area contributed by atoms with Crippen LogP contribution < -0.4 is 10.6 Å². The van der Waals surface area contributed by atoms with Gasteiger partial charge in [-0.2, -0.15) is 0 Å². The Morgan fingerprint density at radius 3 is 2.71 bits per heavy atom. The summed E-state index contributed by atoms with van der Waals surface area (Å²) in [6, 6.07) is 9.19. The van der Waals surface area contributed by atoms with Crippen molar-refractivity contribution in [2.45, 2.75) is 51.6 Å². The zero-order valence-corrected chi connectivity index (χ0v) is 16.8. The van der Waals surface area contributed by atoms with E-state index in [0.717, 1.165) is 24.8 Å². The second kappa shape index (κ2) is 11.4. The number of carbonyl (C=O) groups is 3. The summed E-state index contributed by atoms with van der Waals surface area (Å²) in [5.41, 5.74) is 1.12. The number of ether oxygens (including phenoxy) is 1. The number of benzene rings is 1. The van der Waals surface area contributed by atoms with E-state index in [1.54, 1.807) is 0 Å². The summed E-state index contributed by atoms with van der Waals surface area (Å²) in [6.45, 7) is 5.30. The Morgan fingerprint density at radius 2 is 2.04 bits per heavy atom. The fourth-order valence-electron chi connectivity index (χ4n) is 3.26. The molecule has 1 aliphatic heterocycles. The molecule has 0 saturated carbocycles. The van der Waals surface area contributed by atoms with Gasteiger partial charge in [-0.05, 0) is 18.4 Å². The van der Waals surface area contributed by atoms with Crippen LogP contribution in [0, 0.1) is 0 Å². The predicted octanol–water partition coefficient (Wildman–Crippen LogP) is 1.79. The molecule has 0 aliphatic carbocycles. The lowest BCUT2D eigenvalue weighted by Crippen LogP contribution is -2.59. The number of unbranched alkanes of at least 4 members (excludes halogenated alkanes) is 1. The van der Waals surface area contributed by atoms with Gasteiger partial charge in [-0.3, -0.25) is 14.4 Å². The minimum atomic E-state index is -0.811. The highest BCUT2D eigenvalue weighted by atomic mass is 16.5. The summed E-state index contributed by atoms with van der Waals surface area (Å²) in [5.74, 6) is -0.935. The van der Waals surface area contributed by atoms with Crippen LogP contribution in [0.4, 0.5) is 0 Å². The number of amides is 2. The van der Waals surface area contributed by atoms with Crippen LogP contribution in [0.15, 0.2) is 30.3 Å². The molecule has 0 radical (unpaired) electrons. The molecule has 1 saturated heterocycles. The van der Waals surface area contributed by atoms with E-state index in [9.17, 15) is 14.4 Å². The first-order valence-electron chi connectivity index (χ1n) is 10.1. The van der Waals surface area contributed by atoms with Gasteiger partial charge in [-0.1, -0.05) is 50.6 Å². The SMILES string of the molecule is CCCCOC(=O)CC1C(=O)NCCN1C(=O)CNC(CC)c1ccccc1. The van der Waals surface area contributed by atoms with Crippen molar-refractivity contribution in [3.8, 4) is 0 Å². The highest BCUT2D eigenvalue weighted by Crippen LogP contribution is 2.16. The number of hydrogen-bond donors (Lipinski definition) is 2. The van der Waals surface area contributed by atoms with Gasteiger partial charge in [0.2, 0.25) is 11.8 Å². The summed E-state index contributed by atoms with van der Waals surface area (Å²) in [6.07, 6.45) is 2.43. The maximum Gasteiger partial charge on any atom is 0.308 e. The number of carbonyl (C=O) groups excluding carboxylic acids is 3. The average molecular weight is 389 g/mol. The molecule has 2 N–H and O–H groups in total. The second-order valence-electron chi connectivity index (χ2n) is 6.92. The molecule has 2 atom stereocenters. The van der Waals surface area contributed by atoms with E-state index in [4.69, 9.17) is 4.74 Å². The highest BCUT2D eigenvalue weighted by molar-refractivity contribution is 5.92. The van der Waals surface area contributed by atoms with Crippen molar-refractivity contribution >= 4 is 17.8 Å². The van der Waals surface area contributed by atoms with Gasteiger partial charge in [0.15, 0.2) is 0 Å². The van der Waals surface area contributed by atoms with Crippen molar-refractivity contribution in [2.24, 2.45) is 0 Å². The Hall–Kier alpha value is -2.41. The molecule has 0 bridgehead atoms. The van der Waals surface area contributed by atoms with E-state index >= 15 is 0 Å². The molecule has 1 aliphatic rings. The molecule has 0 spiro atoms. The average Bonchev–Trinajstić information content (AvgIpc) is 2.71. The molecule has 2 rings (SSSR count). The van der Waals surface area contributed by atoms with E-state index in [1.807, 2.05) is 37.3 Å². The molecule has 1 aromatic carbocycles. The van der Waals surface area contributed by atoms with Gasteiger partial charge in [0.05, 0.1) is 19.6 Å². The summed E-state index contributed by atoms with van der Waals surface area (Å²) in [5, 5.41) is 6.00. The van der Waals surface area contributed by atoms with Crippen LogP contribution in [0.2, 0.25) is 0 Å². The van der Waals surface area contributed by atoms with Gasteiger partial charge in [0, 0.05) is 19.1 Å². The fraction of sp³-hybridized carbons (Fsp3) is 0.571. The molecular weight excluding hydrogens is 358 g/mol. The Balaban J connectivity index is 1.94. The predicted molar refractivity (Wildman–Crippen MR) is 106 cm³/mol. The van der Waals surface area contributed by atoms with Crippen molar-refractivity contribution < 1.29 is 19.1 Å². The fourth-order valence-corrected chi connectivity index (χ4v) is 3.26. The number of nitrogens with zero attached hydrogens (tertiary/aromatic N) is 1. The Bertz CT molecular complexity index is 650. The van der Waals surface area contributed by atoms with Crippen molar-refractivity contribution in [3.05, 3.63) is 35.9 Å². The molecule has 0 aromatic heterocycles. The van der Waals surface area contributed by atoms with Crippen molar-refractivity contribution in [2.75, 3.05) is 26.2 Å². The Labute approximate surface area is 166 Å². The van der Waals surface area contributed by atoms with Crippen LogP contribution in [0.25, 0.3) is 0 Å². The third-order valence-electron chi connectivity index (χ3n) is 4.88. The molecule has 2 amide bonds. The van der Waals surface area contributed by atoms with Crippen LogP contribution in [-0.2, 0) is 19.1 Å². The number of hydrogen-bond acceptors (Lipinski definition) is 5. The Kier molecular flexibility index (Phi) is 8.94. The van der Waals surface area contributed by atoms with Crippen molar-refractivity contribution in [1.82, 2.24) is 15.5 Å². The van der Waals surface area contributed by atoms with Crippen LogP contribution in [0.3, 0.4) is 0 Å². The maximum absolute atomic E-state index is 12.8. The second-order valence-corrected chi connectivity index (χ2v) is 6.92. The molecule has 154 valence electrons. The quantitative estimate of drug-likeness (QED) is 0.471. The van der Waals surface area contributed by atoms with Gasteiger partial charge in [0.25, 0.3) is 0 Å². The lowest BCUT2D eigenvalue weighted by atomic mass is 10.0. The van der Waals surface area contributed by atoms with Crippen molar-refractivity contribution in [1.29, 1.82) is 0 Å². The molecule has 7 nitrogen and oxygen atoms in total. The summed E-state index contributed by atoms with van der Waals surface area (Å²) in [4.78, 5) is 38.6. The van der Waals surface area contributed by atoms with Gasteiger partial charge in [0.1, 0.15) is 6.04 Å². The van der Waals surface area contributed by atoms with Crippen LogP contribution in [-0.4, -0.2) is 55.0 Å². The molecule has 1 aromatic rings. The zero-order valence-electron chi connectivity index (χ0n) is 16.8. The van der Waals surface area contributed by atoms with Gasteiger partial charge in [-0.25, -0.2) is 0 Å². The van der Waals surface area contributed by atoms with Gasteiger partial charge < -0.3 is 20.3 Å². The number of rotatable bonds is 10. The zero-order chi connectivity index (χ0) is 20.4. The standard InChI is InChI=1S/C21H31N3O4/c1-3-5-13-28-20(26)14-18-21(27)22-11-12-24(18)19(25)15-23-17(4-2)16-9-7-6-8-10-16/h6-10,17-18,23H,3-5,11-15H2,1-2H3,(H,22,27). The molecule has 1 fully saturated rings. The summed E-state index contributed by atoms with van der Waals surface area (Å²) >= 11 is 0. The number of piperazine rings is 1. The normalized spacial score (nSPS) is 17.7. The van der Waals surface area contributed by atoms with Gasteiger partial charge >= 0.3 is 5.97 Å². The van der Waals surface area contributed by atoms with E-state index in [1.165, 1.54) is 4.90 Å². The third-order valence-corrected chi connectivity index (χ3v) is 4.88. The van der Waals surface area contributed by atoms with Crippen molar-refractivity contribution in [3.63, 3.8) is 0 Å². The highest BCUT2D eigenvalue weighted by Gasteiger charge is 2.35. The van der Waals surface area contributed by atoms with Crippen LogP contribution in [0.5, 0.6) is 0 Å². The Morgan fingerprint density at radius 1 is 1.29 bits per heavy atom. The van der Waals surface area contributed by atoms with Crippen LogP contribution >= 0.6 is 0 Å². The van der Waals surface area contributed by atoms with E-state index in [-0.39, 0.29) is 30.8 Å². The first kappa shape index (κ1) is 21.9. The lowest BCUT2D eigenvalue weighted by molar-refractivity contribution is -0.151. The topological polar surface area (TPSA) is 87.7 Å². The molecule has 7 heteroatoms. The minimum absolute atomic E-state index is 0.0567. The first-order chi connectivity index (χ1) is 13.6.